The number of aromatic nitrogens is 1. The zero-order chi connectivity index (χ0) is 17.6. The van der Waals surface area contributed by atoms with Crippen LogP contribution < -0.4 is 0 Å². The van der Waals surface area contributed by atoms with Crippen molar-refractivity contribution in [3.8, 4) is 11.3 Å². The Morgan fingerprint density at radius 3 is 2.56 bits per heavy atom. The molecule has 132 valence electrons. The molecule has 0 amide bonds. The first-order valence-corrected chi connectivity index (χ1v) is 9.64. The van der Waals surface area contributed by atoms with Crippen LogP contribution in [0.4, 0.5) is 4.39 Å². The summed E-state index contributed by atoms with van der Waals surface area (Å²) in [5.74, 6) is 1.05. The Hall–Kier alpha value is -1.38. The first-order valence-electron chi connectivity index (χ1n) is 8.83. The van der Waals surface area contributed by atoms with E-state index in [0.29, 0.717) is 5.92 Å². The number of hydrogen-bond acceptors (Lipinski definition) is 1. The molecule has 0 spiro atoms. The number of aryl methyl sites for hydroxylation is 1. The number of hydrogen-bond donors (Lipinski definition) is 0. The summed E-state index contributed by atoms with van der Waals surface area (Å²) in [6, 6.07) is 8.84. The van der Waals surface area contributed by atoms with Crippen LogP contribution in [-0.2, 0) is 6.42 Å². The highest BCUT2D eigenvalue weighted by molar-refractivity contribution is 6.30. The van der Waals surface area contributed by atoms with Crippen molar-refractivity contribution in [1.29, 1.82) is 0 Å². The summed E-state index contributed by atoms with van der Waals surface area (Å²) < 4.78 is 13.6. The van der Waals surface area contributed by atoms with E-state index in [9.17, 15) is 4.39 Å². The molecular formula is C21H22Cl2FN. The van der Waals surface area contributed by atoms with Crippen molar-refractivity contribution in [3.05, 3.63) is 64.5 Å². The Balaban J connectivity index is 1.54. The van der Waals surface area contributed by atoms with Gasteiger partial charge in [0.25, 0.3) is 0 Å². The number of rotatable bonds is 5. The van der Waals surface area contributed by atoms with Crippen molar-refractivity contribution in [2.75, 3.05) is 0 Å². The molecular weight excluding hydrogens is 356 g/mol. The second kappa shape index (κ2) is 8.82. The molecule has 0 saturated heterocycles. The van der Waals surface area contributed by atoms with Crippen molar-refractivity contribution in [3.63, 3.8) is 0 Å². The minimum absolute atomic E-state index is 0.136. The molecule has 1 aromatic heterocycles. The first-order chi connectivity index (χ1) is 12.2. The summed E-state index contributed by atoms with van der Waals surface area (Å²) in [7, 11) is 0. The first kappa shape index (κ1) is 18.4. The lowest BCUT2D eigenvalue weighted by atomic mass is 9.80. The second-order valence-electron chi connectivity index (χ2n) is 6.82. The molecule has 1 nitrogen and oxygen atoms in total. The highest BCUT2D eigenvalue weighted by Gasteiger charge is 2.19. The quantitative estimate of drug-likeness (QED) is 0.544. The van der Waals surface area contributed by atoms with Gasteiger partial charge in [0.1, 0.15) is 5.82 Å². The second-order valence-corrected chi connectivity index (χ2v) is 7.48. The molecule has 0 N–H and O–H groups in total. The Morgan fingerprint density at radius 2 is 1.92 bits per heavy atom. The molecule has 1 aliphatic rings. The van der Waals surface area contributed by atoms with E-state index >= 15 is 0 Å². The number of nitrogens with zero attached hydrogens (tertiary/aromatic N) is 1. The summed E-state index contributed by atoms with van der Waals surface area (Å²) in [4.78, 5) is 4.49. The van der Waals surface area contributed by atoms with Gasteiger partial charge in [-0.3, -0.25) is 4.98 Å². The van der Waals surface area contributed by atoms with Crippen molar-refractivity contribution in [2.45, 2.75) is 38.5 Å². The topological polar surface area (TPSA) is 12.9 Å². The maximum absolute atomic E-state index is 13.6. The Labute approximate surface area is 158 Å². The molecule has 4 heteroatoms. The molecule has 3 rings (SSSR count). The van der Waals surface area contributed by atoms with Gasteiger partial charge in [-0.25, -0.2) is 4.39 Å². The fourth-order valence-corrected chi connectivity index (χ4v) is 3.86. The summed E-state index contributed by atoms with van der Waals surface area (Å²) in [5.41, 5.74) is 4.41. The maximum Gasteiger partial charge on any atom is 0.142 e. The fraction of sp³-hybridized carbons (Fsp3) is 0.381. The molecule has 1 aromatic carbocycles. The van der Waals surface area contributed by atoms with E-state index in [4.69, 9.17) is 23.2 Å². The third kappa shape index (κ3) is 5.05. The van der Waals surface area contributed by atoms with Gasteiger partial charge in [-0.1, -0.05) is 41.4 Å². The van der Waals surface area contributed by atoms with Crippen LogP contribution in [-0.4, -0.2) is 4.98 Å². The predicted octanol–water partition coefficient (Wildman–Crippen LogP) is 7.03. The van der Waals surface area contributed by atoms with Gasteiger partial charge in [0.15, 0.2) is 0 Å². The van der Waals surface area contributed by atoms with Crippen LogP contribution >= 0.6 is 23.2 Å². The average molecular weight is 378 g/mol. The monoisotopic (exact) mass is 377 g/mol. The average Bonchev–Trinajstić information content (AvgIpc) is 2.64. The lowest BCUT2D eigenvalue weighted by Gasteiger charge is -2.26. The molecule has 0 atom stereocenters. The number of pyridine rings is 1. The molecule has 0 aliphatic heterocycles. The van der Waals surface area contributed by atoms with Crippen molar-refractivity contribution in [2.24, 2.45) is 11.8 Å². The zero-order valence-corrected chi connectivity index (χ0v) is 15.6. The fourth-order valence-electron chi connectivity index (χ4n) is 3.54. The molecule has 25 heavy (non-hydrogen) atoms. The molecule has 0 radical (unpaired) electrons. The lowest BCUT2D eigenvalue weighted by Crippen LogP contribution is -2.13. The highest BCUT2D eigenvalue weighted by atomic mass is 35.5. The molecule has 1 heterocycles. The summed E-state index contributed by atoms with van der Waals surface area (Å²) in [6.07, 6.45) is 11.3. The smallest absolute Gasteiger partial charge is 0.142 e. The van der Waals surface area contributed by atoms with Gasteiger partial charge in [0.2, 0.25) is 0 Å². The van der Waals surface area contributed by atoms with Gasteiger partial charge < -0.3 is 0 Å². The molecule has 1 aliphatic carbocycles. The van der Waals surface area contributed by atoms with Gasteiger partial charge in [-0.15, -0.1) is 0 Å². The predicted molar refractivity (Wildman–Crippen MR) is 103 cm³/mol. The van der Waals surface area contributed by atoms with Crippen LogP contribution in [0.2, 0.25) is 5.02 Å². The van der Waals surface area contributed by atoms with Gasteiger partial charge in [0, 0.05) is 17.3 Å². The van der Waals surface area contributed by atoms with Crippen LogP contribution in [0.3, 0.4) is 0 Å². The van der Waals surface area contributed by atoms with E-state index in [0.717, 1.165) is 23.6 Å². The zero-order valence-electron chi connectivity index (χ0n) is 14.1. The number of allylic oxidation sites excluding steroid dienone is 1. The molecule has 1 fully saturated rings. The Kier molecular flexibility index (Phi) is 6.50. The molecule has 0 unspecified atom stereocenters. The normalized spacial score (nSPS) is 20.9. The van der Waals surface area contributed by atoms with E-state index in [1.807, 2.05) is 12.3 Å². The van der Waals surface area contributed by atoms with Crippen LogP contribution in [0.5, 0.6) is 0 Å². The lowest BCUT2D eigenvalue weighted by molar-refractivity contribution is 0.296. The van der Waals surface area contributed by atoms with Gasteiger partial charge >= 0.3 is 0 Å². The van der Waals surface area contributed by atoms with Crippen molar-refractivity contribution >= 4 is 23.2 Å². The summed E-state index contributed by atoms with van der Waals surface area (Å²) in [6.45, 7) is 0. The van der Waals surface area contributed by atoms with Gasteiger partial charge in [-0.05, 0) is 74.1 Å². The molecule has 1 saturated carbocycles. The third-order valence-electron chi connectivity index (χ3n) is 5.12. The van der Waals surface area contributed by atoms with Crippen molar-refractivity contribution in [1.82, 2.24) is 4.98 Å². The van der Waals surface area contributed by atoms with E-state index < -0.39 is 5.82 Å². The van der Waals surface area contributed by atoms with Crippen molar-refractivity contribution < 1.29 is 4.39 Å². The van der Waals surface area contributed by atoms with E-state index in [1.54, 1.807) is 17.7 Å². The standard InChI is InChI=1S/C21H22Cl2FN/c22-12-11-16-3-1-15(2-4-16)5-6-17-7-10-21(25-14-17)18-8-9-19(23)20(24)13-18/h7-16H,1-6H2. The molecule has 2 aromatic rings. The maximum atomic E-state index is 13.6. The van der Waals surface area contributed by atoms with Gasteiger partial charge in [-0.2, -0.15) is 0 Å². The minimum Gasteiger partial charge on any atom is -0.256 e. The minimum atomic E-state index is -0.412. The van der Waals surface area contributed by atoms with E-state index in [-0.39, 0.29) is 5.02 Å². The van der Waals surface area contributed by atoms with Crippen LogP contribution in [0.1, 0.15) is 37.7 Å². The Bertz CT molecular complexity index is 719. The summed E-state index contributed by atoms with van der Waals surface area (Å²) >= 11 is 11.4. The number of halogens is 3. The molecule has 0 bridgehead atoms. The van der Waals surface area contributed by atoms with E-state index in [2.05, 4.69) is 17.1 Å². The van der Waals surface area contributed by atoms with Gasteiger partial charge in [0.05, 0.1) is 10.7 Å². The van der Waals surface area contributed by atoms with Crippen LogP contribution in [0.25, 0.3) is 11.3 Å². The SMILES string of the molecule is Fc1cc(-c2ccc(CCC3CCC(C=CCl)CC3)cn2)ccc1Cl. The number of benzene rings is 1. The summed E-state index contributed by atoms with van der Waals surface area (Å²) in [5, 5.41) is 0.136. The van der Waals surface area contributed by atoms with Crippen LogP contribution in [0, 0.1) is 17.7 Å². The third-order valence-corrected chi connectivity index (χ3v) is 5.57. The highest BCUT2D eigenvalue weighted by Crippen LogP contribution is 2.32. The largest absolute Gasteiger partial charge is 0.256 e. The van der Waals surface area contributed by atoms with E-state index in [1.165, 1.54) is 43.7 Å². The Morgan fingerprint density at radius 1 is 1.12 bits per heavy atom. The van der Waals surface area contributed by atoms with Crippen LogP contribution in [0.15, 0.2) is 48.1 Å².